The van der Waals surface area contributed by atoms with Crippen LogP contribution in [0, 0.1) is 12.7 Å². The number of alkyl halides is 2. The molecule has 1 amide bonds. The molecule has 2 aromatic carbocycles. The molecule has 13 heteroatoms. The van der Waals surface area contributed by atoms with Crippen LogP contribution in [0.2, 0.25) is 0 Å². The third-order valence-corrected chi connectivity index (χ3v) is 9.11. The number of ether oxygens (including phenoxy) is 3. The molecular weight excluding hydrogens is 591 g/mol. The highest BCUT2D eigenvalue weighted by Crippen LogP contribution is 2.46. The van der Waals surface area contributed by atoms with E-state index >= 15 is 4.39 Å². The average molecular weight is 630 g/mol. The molecule has 0 radical (unpaired) electrons. The van der Waals surface area contributed by atoms with E-state index < -0.39 is 35.0 Å². The van der Waals surface area contributed by atoms with Crippen LogP contribution in [0.4, 0.5) is 23.8 Å². The molecule has 1 spiro atoms. The summed E-state index contributed by atoms with van der Waals surface area (Å²) in [6, 6.07) is 6.49. The maximum Gasteiger partial charge on any atom is 0.415 e. The number of fused-ring (bicyclic) bond motifs is 1. The molecule has 6 rings (SSSR count). The number of piperazine rings is 1. The second-order valence-electron chi connectivity index (χ2n) is 12.8. The van der Waals surface area contributed by atoms with Gasteiger partial charge in [0, 0.05) is 36.7 Å². The number of carbonyl (C=O) groups is 1. The van der Waals surface area contributed by atoms with E-state index in [0.29, 0.717) is 40.9 Å². The van der Waals surface area contributed by atoms with Crippen molar-refractivity contribution in [2.24, 2.45) is 0 Å². The van der Waals surface area contributed by atoms with Gasteiger partial charge in [-0.25, -0.2) is 19.2 Å². The maximum absolute atomic E-state index is 15.5. The number of hydrogen-bond acceptors (Lipinski definition) is 9. The largest absolute Gasteiger partial charge is 0.493 e. The normalized spacial score (nSPS) is 19.4. The number of anilines is 1. The molecule has 1 saturated carbocycles. The number of nitrogens with zero attached hydrogens (tertiary/aromatic N) is 4. The summed E-state index contributed by atoms with van der Waals surface area (Å²) in [4.78, 5) is 26.7. The van der Waals surface area contributed by atoms with Gasteiger partial charge in [0.05, 0.1) is 49.0 Å². The molecule has 1 atom stereocenters. The Bertz CT molecular complexity index is 1620. The summed E-state index contributed by atoms with van der Waals surface area (Å²) >= 11 is 0. The van der Waals surface area contributed by atoms with Crippen LogP contribution in [0.25, 0.3) is 10.9 Å². The third kappa shape index (κ3) is 5.66. The Kier molecular flexibility index (Phi) is 7.85. The summed E-state index contributed by atoms with van der Waals surface area (Å²) < 4.78 is 62.3. The molecule has 45 heavy (non-hydrogen) atoms. The highest BCUT2D eigenvalue weighted by molar-refractivity contribution is 5.92. The smallest absolute Gasteiger partial charge is 0.415 e. The minimum atomic E-state index is -3.84. The zero-order valence-electron chi connectivity index (χ0n) is 26.0. The van der Waals surface area contributed by atoms with Crippen molar-refractivity contribution < 1.29 is 37.3 Å². The number of nitrogens with one attached hydrogen (secondary N) is 1. The average Bonchev–Trinajstić information content (AvgIpc) is 3.70. The van der Waals surface area contributed by atoms with E-state index in [9.17, 15) is 18.7 Å². The van der Waals surface area contributed by atoms with Crippen LogP contribution >= 0.6 is 0 Å². The standard InChI is InChI=1S/C32H38F3N5O5/c1-18(21-7-6-8-23(27(21)33)32(34,35)30(3,4)42)36-28-22-13-26(25(43-5)14-24(22)37-19(2)38-28)45-29(41)40-12-11-39(20-15-44-16-20)17-31(40)9-10-31/h6-8,13-14,18,20,42H,9-12,15-17H2,1-5H3,(H,36,37,38)/t18-/m1/s1. The highest BCUT2D eigenvalue weighted by Gasteiger charge is 2.55. The maximum atomic E-state index is 15.5. The summed E-state index contributed by atoms with van der Waals surface area (Å²) in [6.07, 6.45) is 1.33. The number of aliphatic hydroxyl groups is 1. The highest BCUT2D eigenvalue weighted by atomic mass is 19.3. The second-order valence-corrected chi connectivity index (χ2v) is 12.8. The molecular formula is C32H38F3N5O5. The van der Waals surface area contributed by atoms with Crippen molar-refractivity contribution in [1.82, 2.24) is 19.8 Å². The summed E-state index contributed by atoms with van der Waals surface area (Å²) in [5.74, 6) is -3.80. The first kappa shape index (κ1) is 31.3. The van der Waals surface area contributed by atoms with Crippen molar-refractivity contribution >= 4 is 22.8 Å². The lowest BCUT2D eigenvalue weighted by Crippen LogP contribution is -2.62. The molecule has 2 N–H and O–H groups in total. The van der Waals surface area contributed by atoms with Gasteiger partial charge in [-0.3, -0.25) is 9.80 Å². The monoisotopic (exact) mass is 629 g/mol. The number of rotatable bonds is 8. The number of methoxy groups -OCH3 is 1. The number of carbonyl (C=O) groups excluding carboxylic acids is 1. The zero-order valence-corrected chi connectivity index (χ0v) is 26.0. The van der Waals surface area contributed by atoms with Gasteiger partial charge in [-0.2, -0.15) is 8.78 Å². The summed E-state index contributed by atoms with van der Waals surface area (Å²) in [6.45, 7) is 8.66. The Morgan fingerprint density at radius 1 is 1.18 bits per heavy atom. The molecule has 3 aromatic rings. The fourth-order valence-electron chi connectivity index (χ4n) is 6.10. The Labute approximate surface area is 259 Å². The Morgan fingerprint density at radius 2 is 1.91 bits per heavy atom. The van der Waals surface area contributed by atoms with Gasteiger partial charge in [0.2, 0.25) is 0 Å². The van der Waals surface area contributed by atoms with Gasteiger partial charge < -0.3 is 24.6 Å². The molecule has 3 aliphatic rings. The topological polar surface area (TPSA) is 109 Å². The number of halogens is 3. The predicted molar refractivity (Wildman–Crippen MR) is 160 cm³/mol. The number of hydrogen-bond donors (Lipinski definition) is 2. The number of amides is 1. The van der Waals surface area contributed by atoms with Crippen molar-refractivity contribution in [3.63, 3.8) is 0 Å². The first-order chi connectivity index (χ1) is 21.2. The molecule has 10 nitrogen and oxygen atoms in total. The van der Waals surface area contributed by atoms with Gasteiger partial charge in [0.1, 0.15) is 23.1 Å². The van der Waals surface area contributed by atoms with Crippen LogP contribution in [0.1, 0.15) is 56.6 Å². The fourth-order valence-corrected chi connectivity index (χ4v) is 6.10. The van der Waals surface area contributed by atoms with Crippen LogP contribution in [0.15, 0.2) is 30.3 Å². The van der Waals surface area contributed by atoms with Crippen LogP contribution < -0.4 is 14.8 Å². The first-order valence-electron chi connectivity index (χ1n) is 15.1. The summed E-state index contributed by atoms with van der Waals surface area (Å²) in [7, 11) is 1.47. The van der Waals surface area contributed by atoms with Crippen molar-refractivity contribution in [3.05, 3.63) is 53.1 Å². The second kappa shape index (κ2) is 11.3. The minimum absolute atomic E-state index is 0.0386. The first-order valence-corrected chi connectivity index (χ1v) is 15.1. The molecule has 2 aliphatic heterocycles. The predicted octanol–water partition coefficient (Wildman–Crippen LogP) is 5.17. The molecule has 1 aromatic heterocycles. The SMILES string of the molecule is COc1cc2nc(C)nc(N[C@H](C)c3cccc(C(F)(F)C(C)(C)O)c3F)c2cc1OC(=O)N1CCN(C2COC2)CC12CC2. The van der Waals surface area contributed by atoms with E-state index in [0.717, 1.165) is 59.1 Å². The van der Waals surface area contributed by atoms with Gasteiger partial charge in [0.15, 0.2) is 11.5 Å². The molecule has 3 heterocycles. The van der Waals surface area contributed by atoms with Gasteiger partial charge in [0.25, 0.3) is 0 Å². The number of aromatic nitrogens is 2. The molecule has 0 unspecified atom stereocenters. The van der Waals surface area contributed by atoms with Crippen LogP contribution in [-0.2, 0) is 10.7 Å². The van der Waals surface area contributed by atoms with E-state index in [2.05, 4.69) is 20.2 Å². The molecule has 3 fully saturated rings. The summed E-state index contributed by atoms with van der Waals surface area (Å²) in [5, 5.41) is 13.6. The molecule has 2 saturated heterocycles. The van der Waals surface area contributed by atoms with Crippen LogP contribution in [-0.4, -0.2) is 88.1 Å². The molecule has 0 bridgehead atoms. The van der Waals surface area contributed by atoms with Gasteiger partial charge in [-0.05, 0) is 52.7 Å². The van der Waals surface area contributed by atoms with Crippen molar-refractivity contribution in [2.45, 2.75) is 69.7 Å². The van der Waals surface area contributed by atoms with E-state index in [1.807, 2.05) is 0 Å². The Hall–Kier alpha value is -3.68. The lowest BCUT2D eigenvalue weighted by molar-refractivity contribution is -0.170. The van der Waals surface area contributed by atoms with Crippen molar-refractivity contribution in [2.75, 3.05) is 45.3 Å². The molecule has 1 aliphatic carbocycles. The van der Waals surface area contributed by atoms with Crippen molar-refractivity contribution in [3.8, 4) is 11.5 Å². The Balaban J connectivity index is 1.28. The van der Waals surface area contributed by atoms with Crippen LogP contribution in [0.5, 0.6) is 11.5 Å². The number of aryl methyl sites for hydroxylation is 1. The number of benzene rings is 2. The van der Waals surface area contributed by atoms with E-state index in [-0.39, 0.29) is 16.9 Å². The van der Waals surface area contributed by atoms with Gasteiger partial charge in [-0.1, -0.05) is 12.1 Å². The van der Waals surface area contributed by atoms with Crippen molar-refractivity contribution in [1.29, 1.82) is 0 Å². The molecule has 242 valence electrons. The lowest BCUT2D eigenvalue weighted by Gasteiger charge is -2.46. The van der Waals surface area contributed by atoms with E-state index in [1.54, 1.807) is 30.9 Å². The zero-order chi connectivity index (χ0) is 32.3. The van der Waals surface area contributed by atoms with E-state index in [4.69, 9.17) is 14.2 Å². The van der Waals surface area contributed by atoms with Gasteiger partial charge >= 0.3 is 12.0 Å². The minimum Gasteiger partial charge on any atom is -0.493 e. The quantitative estimate of drug-likeness (QED) is 0.349. The van der Waals surface area contributed by atoms with E-state index in [1.165, 1.54) is 19.2 Å². The van der Waals surface area contributed by atoms with Crippen LogP contribution in [0.3, 0.4) is 0 Å². The third-order valence-electron chi connectivity index (χ3n) is 9.11. The van der Waals surface area contributed by atoms with Gasteiger partial charge in [-0.15, -0.1) is 0 Å². The lowest BCUT2D eigenvalue weighted by atomic mass is 9.91. The Morgan fingerprint density at radius 3 is 2.53 bits per heavy atom. The summed E-state index contributed by atoms with van der Waals surface area (Å²) in [5.41, 5.74) is -3.19. The fraction of sp³-hybridized carbons (Fsp3) is 0.531.